The normalized spacial score (nSPS) is 13.6. The quantitative estimate of drug-likeness (QED) is 0.241. The second kappa shape index (κ2) is 6.04. The van der Waals surface area contributed by atoms with E-state index in [2.05, 4.69) is 31.9 Å². The second-order valence-electron chi connectivity index (χ2n) is 3.43. The van der Waals surface area contributed by atoms with Gasteiger partial charge in [-0.25, -0.2) is 30.4 Å². The van der Waals surface area contributed by atoms with Crippen LogP contribution in [0.4, 0.5) is 22.0 Å². The summed E-state index contributed by atoms with van der Waals surface area (Å²) in [6.45, 7) is 0. The molecule has 0 aliphatic rings. The number of hydrogen-bond donors (Lipinski definition) is 0. The van der Waals surface area contributed by atoms with E-state index in [0.717, 1.165) is 0 Å². The highest BCUT2D eigenvalue weighted by Crippen LogP contribution is 2.28. The molecule has 0 heterocycles. The average molecular weight is 432 g/mol. The molecular formula is C9H5Br2F5O2S. The maximum atomic E-state index is 13.3. The highest BCUT2D eigenvalue weighted by Gasteiger charge is 2.34. The number of halogens is 7. The zero-order valence-corrected chi connectivity index (χ0v) is 12.9. The summed E-state index contributed by atoms with van der Waals surface area (Å²) in [6.07, 6.45) is 0. The van der Waals surface area contributed by atoms with E-state index in [0.29, 0.717) is 0 Å². The minimum absolute atomic E-state index is 0.113. The third-order valence-electron chi connectivity index (χ3n) is 2.05. The van der Waals surface area contributed by atoms with Gasteiger partial charge in [0.15, 0.2) is 33.1 Å². The molecule has 0 saturated heterocycles. The van der Waals surface area contributed by atoms with Crippen LogP contribution in [-0.2, 0) is 9.84 Å². The molecule has 108 valence electrons. The number of alkyl halides is 2. The van der Waals surface area contributed by atoms with E-state index >= 15 is 0 Å². The van der Waals surface area contributed by atoms with Crippen molar-refractivity contribution in [3.63, 3.8) is 0 Å². The Morgan fingerprint density at radius 1 is 0.895 bits per heavy atom. The Morgan fingerprint density at radius 2 is 1.26 bits per heavy atom. The van der Waals surface area contributed by atoms with Gasteiger partial charge in [0.05, 0.1) is 5.75 Å². The molecule has 2 nitrogen and oxygen atoms in total. The predicted octanol–water partition coefficient (Wildman–Crippen LogP) is 3.31. The molecule has 0 aliphatic carbocycles. The predicted molar refractivity (Wildman–Crippen MR) is 64.8 cm³/mol. The first kappa shape index (κ1) is 16.8. The number of rotatable bonds is 4. The van der Waals surface area contributed by atoms with Gasteiger partial charge in [0.2, 0.25) is 5.82 Å². The topological polar surface area (TPSA) is 34.1 Å². The van der Waals surface area contributed by atoms with E-state index in [1.807, 2.05) is 0 Å². The van der Waals surface area contributed by atoms with Gasteiger partial charge in [-0.1, -0.05) is 31.9 Å². The highest BCUT2D eigenvalue weighted by molar-refractivity contribution is 9.12. The van der Waals surface area contributed by atoms with Crippen LogP contribution in [0.5, 0.6) is 0 Å². The van der Waals surface area contributed by atoms with Gasteiger partial charge in [-0.05, 0) is 0 Å². The van der Waals surface area contributed by atoms with Crippen LogP contribution < -0.4 is 0 Å². The zero-order chi connectivity index (χ0) is 15.0. The summed E-state index contributed by atoms with van der Waals surface area (Å²) >= 11 is 5.79. The molecule has 0 radical (unpaired) electrons. The Morgan fingerprint density at radius 3 is 1.63 bits per heavy atom. The summed E-state index contributed by atoms with van der Waals surface area (Å²) in [5.74, 6) is -12.5. The molecule has 1 aromatic carbocycles. The van der Waals surface area contributed by atoms with Crippen molar-refractivity contribution < 1.29 is 30.4 Å². The van der Waals surface area contributed by atoms with Crippen molar-refractivity contribution in [3.05, 3.63) is 29.1 Å². The van der Waals surface area contributed by atoms with E-state index in [9.17, 15) is 30.4 Å². The molecule has 0 spiro atoms. The molecule has 1 aromatic rings. The largest absolute Gasteiger partial charge is 0.223 e. The summed E-state index contributed by atoms with van der Waals surface area (Å²) in [5.41, 5.74) is 0. The van der Waals surface area contributed by atoms with Crippen LogP contribution in [-0.4, -0.2) is 24.3 Å². The first-order valence-electron chi connectivity index (χ1n) is 4.57. The van der Waals surface area contributed by atoms with Gasteiger partial charge in [0, 0.05) is 10.2 Å². The van der Waals surface area contributed by atoms with Gasteiger partial charge in [-0.3, -0.25) is 0 Å². The third kappa shape index (κ3) is 3.27. The molecule has 0 amide bonds. The van der Waals surface area contributed by atoms with Gasteiger partial charge < -0.3 is 0 Å². The lowest BCUT2D eigenvalue weighted by Crippen LogP contribution is -2.21. The lowest BCUT2D eigenvalue weighted by molar-refractivity contribution is 0.357. The first-order valence-corrected chi connectivity index (χ1v) is 8.26. The summed E-state index contributed by atoms with van der Waals surface area (Å²) in [6, 6.07) is 0. The zero-order valence-electron chi connectivity index (χ0n) is 8.86. The molecule has 0 saturated carbocycles. The monoisotopic (exact) mass is 430 g/mol. The number of benzene rings is 1. The van der Waals surface area contributed by atoms with Crippen molar-refractivity contribution in [1.82, 2.24) is 0 Å². The molecule has 0 aromatic heterocycles. The van der Waals surface area contributed by atoms with E-state index in [-0.39, 0.29) is 5.33 Å². The number of hydrogen-bond acceptors (Lipinski definition) is 2. The van der Waals surface area contributed by atoms with Gasteiger partial charge in [-0.2, -0.15) is 0 Å². The Hall–Kier alpha value is -0.220. The number of sulfone groups is 1. The van der Waals surface area contributed by atoms with Crippen LogP contribution in [0.1, 0.15) is 0 Å². The fourth-order valence-electron chi connectivity index (χ4n) is 1.22. The van der Waals surface area contributed by atoms with Gasteiger partial charge in [0.1, 0.15) is 4.90 Å². The Bertz CT molecular complexity index is 576. The fraction of sp³-hybridized carbons (Fsp3) is 0.333. The maximum Gasteiger partial charge on any atom is 0.200 e. The second-order valence-corrected chi connectivity index (χ2v) is 7.35. The molecule has 1 atom stereocenters. The van der Waals surface area contributed by atoms with Crippen molar-refractivity contribution in [2.45, 2.75) is 9.72 Å². The summed E-state index contributed by atoms with van der Waals surface area (Å²) in [7, 11) is -4.67. The van der Waals surface area contributed by atoms with Crippen LogP contribution in [0.3, 0.4) is 0 Å². The van der Waals surface area contributed by atoms with Crippen LogP contribution in [0.25, 0.3) is 0 Å². The van der Waals surface area contributed by atoms with Gasteiger partial charge >= 0.3 is 0 Å². The van der Waals surface area contributed by atoms with Crippen molar-refractivity contribution in [2.24, 2.45) is 0 Å². The highest BCUT2D eigenvalue weighted by atomic mass is 79.9. The van der Waals surface area contributed by atoms with E-state index in [1.54, 1.807) is 0 Å². The molecular weight excluding hydrogens is 427 g/mol. The van der Waals surface area contributed by atoms with Gasteiger partial charge in [0.25, 0.3) is 0 Å². The van der Waals surface area contributed by atoms with E-state index in [1.165, 1.54) is 0 Å². The Balaban J connectivity index is 3.52. The third-order valence-corrected chi connectivity index (χ3v) is 6.60. The van der Waals surface area contributed by atoms with E-state index < -0.39 is 54.4 Å². The molecule has 0 N–H and O–H groups in total. The van der Waals surface area contributed by atoms with Crippen LogP contribution in [0, 0.1) is 29.1 Å². The van der Waals surface area contributed by atoms with Crippen molar-refractivity contribution >= 4 is 41.7 Å². The van der Waals surface area contributed by atoms with Crippen LogP contribution in [0.2, 0.25) is 0 Å². The minimum atomic E-state index is -4.67. The van der Waals surface area contributed by atoms with Crippen LogP contribution in [0.15, 0.2) is 4.90 Å². The molecule has 1 rings (SSSR count). The van der Waals surface area contributed by atoms with Crippen molar-refractivity contribution in [1.29, 1.82) is 0 Å². The smallest absolute Gasteiger partial charge is 0.200 e. The standard InChI is InChI=1S/C9H5Br2F5O2S/c10-1-3(11)2-19(17,18)9-7(15)5(13)4(12)6(14)8(9)16/h3H,1-2H2. The lowest BCUT2D eigenvalue weighted by Gasteiger charge is -2.11. The molecule has 0 aliphatic heterocycles. The first-order chi connectivity index (χ1) is 8.63. The molecule has 0 fully saturated rings. The van der Waals surface area contributed by atoms with E-state index in [4.69, 9.17) is 0 Å². The SMILES string of the molecule is O=S(=O)(CC(Br)CBr)c1c(F)c(F)c(F)c(F)c1F. The Kier molecular flexibility index (Phi) is 5.35. The molecule has 19 heavy (non-hydrogen) atoms. The minimum Gasteiger partial charge on any atom is -0.223 e. The lowest BCUT2D eigenvalue weighted by atomic mass is 10.3. The maximum absolute atomic E-state index is 13.3. The summed E-state index contributed by atoms with van der Waals surface area (Å²) < 4.78 is 88.6. The van der Waals surface area contributed by atoms with Crippen molar-refractivity contribution in [2.75, 3.05) is 11.1 Å². The van der Waals surface area contributed by atoms with Gasteiger partial charge in [-0.15, -0.1) is 0 Å². The average Bonchev–Trinajstić information content (AvgIpc) is 2.33. The summed E-state index contributed by atoms with van der Waals surface area (Å²) in [5, 5.41) is 0.113. The molecule has 1 unspecified atom stereocenters. The molecule has 0 bridgehead atoms. The molecule has 10 heteroatoms. The summed E-state index contributed by atoms with van der Waals surface area (Å²) in [4.78, 5) is -2.55. The van der Waals surface area contributed by atoms with Crippen molar-refractivity contribution in [3.8, 4) is 0 Å². The van der Waals surface area contributed by atoms with Crippen LogP contribution >= 0.6 is 31.9 Å². The Labute approximate surface area is 122 Å². The fourth-order valence-corrected chi connectivity index (χ4v) is 4.29.